The summed E-state index contributed by atoms with van der Waals surface area (Å²) in [5.41, 5.74) is 0. The molecular formula is C4H11NO8P2. The molecule has 0 aliphatic rings. The first-order valence-electron chi connectivity index (χ1n) is 3.58. The van der Waals surface area contributed by atoms with Crippen molar-refractivity contribution < 1.29 is 38.6 Å². The van der Waals surface area contributed by atoms with Crippen molar-refractivity contribution in [3.63, 3.8) is 0 Å². The second kappa shape index (κ2) is 5.18. The Morgan fingerprint density at radius 3 is 1.80 bits per heavy atom. The second-order valence-electron chi connectivity index (χ2n) is 2.68. The molecule has 6 N–H and O–H groups in total. The molecule has 11 heteroatoms. The average Bonchev–Trinajstić information content (AvgIpc) is 1.92. The number of carbonyl (C=O) groups is 1. The van der Waals surface area contributed by atoms with Crippen LogP contribution < -0.4 is 5.32 Å². The lowest BCUT2D eigenvalue weighted by molar-refractivity contribution is -0.135. The summed E-state index contributed by atoms with van der Waals surface area (Å²) in [4.78, 5) is 44.5. The van der Waals surface area contributed by atoms with Crippen molar-refractivity contribution in [2.45, 2.75) is 5.40 Å². The Morgan fingerprint density at radius 1 is 1.13 bits per heavy atom. The van der Waals surface area contributed by atoms with E-state index in [9.17, 15) is 13.9 Å². The lowest BCUT2D eigenvalue weighted by atomic mass is 10.6. The molecule has 0 radical (unpaired) electrons. The van der Waals surface area contributed by atoms with Gasteiger partial charge in [-0.3, -0.25) is 13.9 Å². The number of hydrogen-bond donors (Lipinski definition) is 6. The van der Waals surface area contributed by atoms with Gasteiger partial charge >= 0.3 is 21.2 Å². The zero-order valence-corrected chi connectivity index (χ0v) is 9.14. The van der Waals surface area contributed by atoms with Gasteiger partial charge in [-0.1, -0.05) is 0 Å². The summed E-state index contributed by atoms with van der Waals surface area (Å²) < 4.78 is 21.3. The van der Waals surface area contributed by atoms with Gasteiger partial charge in [0, 0.05) is 6.54 Å². The molecule has 0 heterocycles. The Kier molecular flexibility index (Phi) is 5.08. The van der Waals surface area contributed by atoms with Crippen molar-refractivity contribution in [1.29, 1.82) is 0 Å². The van der Waals surface area contributed by atoms with E-state index >= 15 is 0 Å². The number of carboxylic acids is 1. The van der Waals surface area contributed by atoms with Crippen LogP contribution in [0.2, 0.25) is 0 Å². The maximum atomic E-state index is 10.7. The van der Waals surface area contributed by atoms with Crippen molar-refractivity contribution in [3.05, 3.63) is 0 Å². The van der Waals surface area contributed by atoms with Crippen LogP contribution >= 0.6 is 15.2 Å². The van der Waals surface area contributed by atoms with Gasteiger partial charge in [-0.25, -0.2) is 0 Å². The fourth-order valence-electron chi connectivity index (χ4n) is 0.742. The smallest absolute Gasteiger partial charge is 0.342 e. The van der Waals surface area contributed by atoms with Gasteiger partial charge in [-0.05, 0) is 0 Å². The molecule has 0 amide bonds. The number of aliphatic carboxylic acids is 1. The summed E-state index contributed by atoms with van der Waals surface area (Å²) in [6.07, 6.45) is 0. The second-order valence-corrected chi connectivity index (χ2v) is 6.69. The molecule has 0 atom stereocenters. The van der Waals surface area contributed by atoms with Crippen molar-refractivity contribution in [3.8, 4) is 0 Å². The van der Waals surface area contributed by atoms with Crippen LogP contribution in [0.3, 0.4) is 0 Å². The Hall–Kier alpha value is -0.270. The maximum absolute atomic E-state index is 10.7. The van der Waals surface area contributed by atoms with E-state index in [1.54, 1.807) is 0 Å². The molecular weight excluding hydrogens is 252 g/mol. The first-order valence-corrected chi connectivity index (χ1v) is 6.94. The summed E-state index contributed by atoms with van der Waals surface area (Å²) in [5, 5.41) is 7.98. The van der Waals surface area contributed by atoms with Crippen LogP contribution in [0.1, 0.15) is 0 Å². The molecule has 0 aliphatic carbocycles. The van der Waals surface area contributed by atoms with Gasteiger partial charge in [-0.2, -0.15) is 0 Å². The number of hydrogen-bond acceptors (Lipinski definition) is 4. The molecule has 0 spiro atoms. The van der Waals surface area contributed by atoms with Crippen molar-refractivity contribution >= 4 is 21.2 Å². The Balaban J connectivity index is 4.50. The van der Waals surface area contributed by atoms with E-state index in [-0.39, 0.29) is 0 Å². The van der Waals surface area contributed by atoms with Gasteiger partial charge < -0.3 is 30.0 Å². The topological polar surface area (TPSA) is 164 Å². The van der Waals surface area contributed by atoms with Crippen LogP contribution in [-0.4, -0.2) is 49.1 Å². The third-order valence-electron chi connectivity index (χ3n) is 1.38. The Labute approximate surface area is 84.4 Å². The van der Waals surface area contributed by atoms with E-state index in [1.165, 1.54) is 0 Å². The zero-order valence-electron chi connectivity index (χ0n) is 7.35. The SMILES string of the molecule is O=C(O)CNCC(P(=O)(O)O)P(=O)(O)O. The van der Waals surface area contributed by atoms with Crippen LogP contribution in [0, 0.1) is 0 Å². The minimum absolute atomic E-state index is 0.642. The molecule has 0 unspecified atom stereocenters. The van der Waals surface area contributed by atoms with E-state index in [0.717, 1.165) is 0 Å². The highest BCUT2D eigenvalue weighted by Crippen LogP contribution is 2.59. The molecule has 0 aromatic rings. The molecule has 0 aromatic heterocycles. The molecule has 15 heavy (non-hydrogen) atoms. The van der Waals surface area contributed by atoms with E-state index in [4.69, 9.17) is 24.7 Å². The molecule has 0 bridgehead atoms. The highest BCUT2D eigenvalue weighted by Gasteiger charge is 2.42. The largest absolute Gasteiger partial charge is 0.480 e. The van der Waals surface area contributed by atoms with Crippen LogP contribution in [-0.2, 0) is 13.9 Å². The number of carboxylic acid groups (broad SMARTS) is 1. The Bertz CT molecular complexity index is 295. The first-order chi connectivity index (χ1) is 6.55. The quantitative estimate of drug-likeness (QED) is 0.307. The predicted octanol–water partition coefficient (Wildman–Crippen LogP) is -1.66. The molecule has 0 saturated carbocycles. The molecule has 90 valence electrons. The van der Waals surface area contributed by atoms with E-state index in [0.29, 0.717) is 0 Å². The zero-order chi connectivity index (χ0) is 12.3. The van der Waals surface area contributed by atoms with Crippen LogP contribution in [0.15, 0.2) is 0 Å². The van der Waals surface area contributed by atoms with Crippen LogP contribution in [0.5, 0.6) is 0 Å². The molecule has 0 saturated heterocycles. The van der Waals surface area contributed by atoms with Crippen LogP contribution in [0.25, 0.3) is 0 Å². The minimum Gasteiger partial charge on any atom is -0.480 e. The normalized spacial score (nSPS) is 13.1. The van der Waals surface area contributed by atoms with E-state index in [2.05, 4.69) is 0 Å². The van der Waals surface area contributed by atoms with Crippen molar-refractivity contribution in [2.24, 2.45) is 0 Å². The van der Waals surface area contributed by atoms with Crippen molar-refractivity contribution in [2.75, 3.05) is 13.1 Å². The lowest BCUT2D eigenvalue weighted by Crippen LogP contribution is -2.31. The summed E-state index contributed by atoms with van der Waals surface area (Å²) >= 11 is 0. The summed E-state index contributed by atoms with van der Waals surface area (Å²) in [5.74, 6) is -1.30. The van der Waals surface area contributed by atoms with Gasteiger partial charge in [0.25, 0.3) is 0 Å². The standard InChI is InChI=1S/C4H11NO8P2/c6-3(7)1-5-2-4(14(8,9)10)15(11,12)13/h4-5H,1-2H2,(H,6,7)(H2,8,9,10)(H2,11,12,13). The average molecular weight is 263 g/mol. The minimum atomic E-state index is -4.98. The predicted molar refractivity (Wildman–Crippen MR) is 48.4 cm³/mol. The lowest BCUT2D eigenvalue weighted by Gasteiger charge is -2.19. The highest BCUT2D eigenvalue weighted by atomic mass is 31.2. The molecule has 0 rings (SSSR count). The van der Waals surface area contributed by atoms with E-state index in [1.807, 2.05) is 5.32 Å². The summed E-state index contributed by atoms with van der Waals surface area (Å²) in [6, 6.07) is 0. The third kappa shape index (κ3) is 6.01. The molecule has 0 aliphatic heterocycles. The fraction of sp³-hybridized carbons (Fsp3) is 0.750. The van der Waals surface area contributed by atoms with E-state index < -0.39 is 39.7 Å². The van der Waals surface area contributed by atoms with Gasteiger partial charge in [0.2, 0.25) is 0 Å². The molecule has 0 fully saturated rings. The van der Waals surface area contributed by atoms with Crippen molar-refractivity contribution in [1.82, 2.24) is 5.32 Å². The monoisotopic (exact) mass is 263 g/mol. The number of nitrogens with one attached hydrogen (secondary N) is 1. The molecule has 0 aromatic carbocycles. The first kappa shape index (κ1) is 14.7. The maximum Gasteiger partial charge on any atom is 0.342 e. The van der Waals surface area contributed by atoms with Gasteiger partial charge in [0.15, 0.2) is 5.40 Å². The van der Waals surface area contributed by atoms with Gasteiger partial charge in [0.1, 0.15) is 0 Å². The highest BCUT2D eigenvalue weighted by molar-refractivity contribution is 7.70. The number of rotatable bonds is 6. The fourth-order valence-corrected chi connectivity index (χ4v) is 3.04. The Morgan fingerprint density at radius 2 is 1.53 bits per heavy atom. The van der Waals surface area contributed by atoms with Crippen LogP contribution in [0.4, 0.5) is 0 Å². The third-order valence-corrected chi connectivity index (χ3v) is 5.10. The van der Waals surface area contributed by atoms with Gasteiger partial charge in [-0.15, -0.1) is 0 Å². The molecule has 9 nitrogen and oxygen atoms in total. The summed E-state index contributed by atoms with van der Waals surface area (Å²) in [6.45, 7) is -1.42. The van der Waals surface area contributed by atoms with Gasteiger partial charge in [0.05, 0.1) is 6.54 Å². The summed E-state index contributed by atoms with van der Waals surface area (Å²) in [7, 11) is -9.95.